The highest BCUT2D eigenvalue weighted by molar-refractivity contribution is 5.66. The fourth-order valence-corrected chi connectivity index (χ4v) is 1.86. The third kappa shape index (κ3) is 3.08. The molecule has 1 aliphatic rings. The van der Waals surface area contributed by atoms with Gasteiger partial charge in [0, 0.05) is 6.42 Å². The molecule has 80 valence electrons. The largest absolute Gasteiger partial charge is 0.481 e. The maximum Gasteiger partial charge on any atom is 0.303 e. The molecule has 0 heterocycles. The first-order chi connectivity index (χ1) is 7.25. The summed E-state index contributed by atoms with van der Waals surface area (Å²) in [6.45, 7) is 0. The third-order valence-corrected chi connectivity index (χ3v) is 2.86. The van der Waals surface area contributed by atoms with Crippen LogP contribution in [0.2, 0.25) is 0 Å². The van der Waals surface area contributed by atoms with Crippen LogP contribution in [0.25, 0.3) is 0 Å². The second-order valence-electron chi connectivity index (χ2n) is 4.27. The van der Waals surface area contributed by atoms with Crippen LogP contribution in [0.5, 0.6) is 0 Å². The Morgan fingerprint density at radius 1 is 1.40 bits per heavy atom. The Morgan fingerprint density at radius 3 is 2.87 bits per heavy atom. The molecule has 0 saturated heterocycles. The quantitative estimate of drug-likeness (QED) is 0.800. The summed E-state index contributed by atoms with van der Waals surface area (Å²) in [7, 11) is 0. The zero-order valence-electron chi connectivity index (χ0n) is 8.78. The molecule has 2 heteroatoms. The Kier molecular flexibility index (Phi) is 3.05. The lowest BCUT2D eigenvalue weighted by Gasteiger charge is -2.03. The molecule has 1 fully saturated rings. The number of aliphatic carboxylic acids is 1. The molecule has 15 heavy (non-hydrogen) atoms. The number of benzene rings is 1. The van der Waals surface area contributed by atoms with Gasteiger partial charge in [0.1, 0.15) is 0 Å². The maximum atomic E-state index is 10.4. The van der Waals surface area contributed by atoms with Gasteiger partial charge in [-0.05, 0) is 42.7 Å². The number of rotatable bonds is 5. The molecule has 0 bridgehead atoms. The van der Waals surface area contributed by atoms with Crippen LogP contribution in [-0.2, 0) is 11.2 Å². The van der Waals surface area contributed by atoms with Gasteiger partial charge in [-0.25, -0.2) is 0 Å². The van der Waals surface area contributed by atoms with E-state index < -0.39 is 5.97 Å². The first kappa shape index (κ1) is 10.2. The lowest BCUT2D eigenvalue weighted by Crippen LogP contribution is -1.96. The van der Waals surface area contributed by atoms with Gasteiger partial charge in [-0.15, -0.1) is 0 Å². The van der Waals surface area contributed by atoms with E-state index in [0.717, 1.165) is 18.8 Å². The molecule has 0 atom stereocenters. The van der Waals surface area contributed by atoms with E-state index in [1.54, 1.807) is 0 Å². The Hall–Kier alpha value is -1.31. The van der Waals surface area contributed by atoms with Gasteiger partial charge in [0.2, 0.25) is 0 Å². The van der Waals surface area contributed by atoms with E-state index in [1.165, 1.54) is 24.0 Å². The van der Waals surface area contributed by atoms with Gasteiger partial charge in [0.05, 0.1) is 0 Å². The van der Waals surface area contributed by atoms with Crippen molar-refractivity contribution in [1.29, 1.82) is 0 Å². The van der Waals surface area contributed by atoms with Gasteiger partial charge in [-0.3, -0.25) is 4.79 Å². The van der Waals surface area contributed by atoms with Crippen molar-refractivity contribution < 1.29 is 9.90 Å². The highest BCUT2D eigenvalue weighted by Crippen LogP contribution is 2.40. The highest BCUT2D eigenvalue weighted by Gasteiger charge is 2.23. The molecule has 0 aliphatic heterocycles. The highest BCUT2D eigenvalue weighted by atomic mass is 16.4. The zero-order valence-corrected chi connectivity index (χ0v) is 8.78. The third-order valence-electron chi connectivity index (χ3n) is 2.86. The molecule has 0 spiro atoms. The Morgan fingerprint density at radius 2 is 2.20 bits per heavy atom. The van der Waals surface area contributed by atoms with Crippen molar-refractivity contribution in [3.8, 4) is 0 Å². The summed E-state index contributed by atoms with van der Waals surface area (Å²) < 4.78 is 0. The molecule has 1 aliphatic carbocycles. The van der Waals surface area contributed by atoms with E-state index in [1.807, 2.05) is 0 Å². The fourth-order valence-electron chi connectivity index (χ4n) is 1.86. The second kappa shape index (κ2) is 4.47. The van der Waals surface area contributed by atoms with Crippen molar-refractivity contribution in [3.63, 3.8) is 0 Å². The van der Waals surface area contributed by atoms with Crippen LogP contribution in [-0.4, -0.2) is 11.1 Å². The SMILES string of the molecule is O=C(O)CCCc1cccc(C2CC2)c1. The van der Waals surface area contributed by atoms with Gasteiger partial charge in [0.15, 0.2) is 0 Å². The lowest BCUT2D eigenvalue weighted by atomic mass is 10.0. The van der Waals surface area contributed by atoms with Crippen molar-refractivity contribution in [3.05, 3.63) is 35.4 Å². The minimum absolute atomic E-state index is 0.271. The predicted molar refractivity (Wildman–Crippen MR) is 59.0 cm³/mol. The minimum Gasteiger partial charge on any atom is -0.481 e. The van der Waals surface area contributed by atoms with Crippen molar-refractivity contribution in [1.82, 2.24) is 0 Å². The van der Waals surface area contributed by atoms with Crippen LogP contribution < -0.4 is 0 Å². The summed E-state index contributed by atoms with van der Waals surface area (Å²) in [5.74, 6) is 0.0813. The van der Waals surface area contributed by atoms with Crippen LogP contribution >= 0.6 is 0 Å². The van der Waals surface area contributed by atoms with Crippen LogP contribution in [0, 0.1) is 0 Å². The average molecular weight is 204 g/mol. The number of aryl methyl sites for hydroxylation is 1. The maximum absolute atomic E-state index is 10.4. The summed E-state index contributed by atoms with van der Waals surface area (Å²) >= 11 is 0. The first-order valence-electron chi connectivity index (χ1n) is 5.56. The van der Waals surface area contributed by atoms with Crippen molar-refractivity contribution in [2.75, 3.05) is 0 Å². The predicted octanol–water partition coefficient (Wildman–Crippen LogP) is 2.97. The summed E-state index contributed by atoms with van der Waals surface area (Å²) in [4.78, 5) is 10.4. The number of hydrogen-bond donors (Lipinski definition) is 1. The Labute approximate surface area is 89.9 Å². The van der Waals surface area contributed by atoms with Crippen LogP contribution in [0.3, 0.4) is 0 Å². The van der Waals surface area contributed by atoms with Crippen LogP contribution in [0.1, 0.15) is 42.7 Å². The van der Waals surface area contributed by atoms with Crippen LogP contribution in [0.15, 0.2) is 24.3 Å². The summed E-state index contributed by atoms with van der Waals surface area (Å²) in [5.41, 5.74) is 2.71. The molecule has 0 aromatic heterocycles. The lowest BCUT2D eigenvalue weighted by molar-refractivity contribution is -0.137. The molecule has 1 aromatic rings. The van der Waals surface area contributed by atoms with Crippen LogP contribution in [0.4, 0.5) is 0 Å². The number of hydrogen-bond acceptors (Lipinski definition) is 1. The molecule has 0 amide bonds. The topological polar surface area (TPSA) is 37.3 Å². The van der Waals surface area contributed by atoms with E-state index >= 15 is 0 Å². The molecule has 0 radical (unpaired) electrons. The molecular weight excluding hydrogens is 188 g/mol. The van der Waals surface area contributed by atoms with Gasteiger partial charge in [-0.1, -0.05) is 24.3 Å². The minimum atomic E-state index is -0.701. The van der Waals surface area contributed by atoms with E-state index in [2.05, 4.69) is 24.3 Å². The molecule has 0 unspecified atom stereocenters. The van der Waals surface area contributed by atoms with E-state index in [9.17, 15) is 4.79 Å². The summed E-state index contributed by atoms with van der Waals surface area (Å²) in [6.07, 6.45) is 4.53. The van der Waals surface area contributed by atoms with Crippen molar-refractivity contribution in [2.24, 2.45) is 0 Å². The van der Waals surface area contributed by atoms with Crippen molar-refractivity contribution in [2.45, 2.75) is 38.0 Å². The van der Waals surface area contributed by atoms with E-state index in [-0.39, 0.29) is 6.42 Å². The first-order valence-corrected chi connectivity index (χ1v) is 5.56. The average Bonchev–Trinajstić information content (AvgIpc) is 3.01. The second-order valence-corrected chi connectivity index (χ2v) is 4.27. The van der Waals surface area contributed by atoms with Gasteiger partial charge in [-0.2, -0.15) is 0 Å². The van der Waals surface area contributed by atoms with E-state index in [4.69, 9.17) is 5.11 Å². The molecule has 2 nitrogen and oxygen atoms in total. The van der Waals surface area contributed by atoms with Crippen molar-refractivity contribution >= 4 is 5.97 Å². The Bertz CT molecular complexity index is 353. The molecule has 1 N–H and O–H groups in total. The Balaban J connectivity index is 1.90. The number of carbonyl (C=O) groups is 1. The molecular formula is C13H16O2. The summed E-state index contributed by atoms with van der Waals surface area (Å²) in [5, 5.41) is 8.54. The summed E-state index contributed by atoms with van der Waals surface area (Å²) in [6, 6.07) is 8.59. The van der Waals surface area contributed by atoms with Gasteiger partial charge < -0.3 is 5.11 Å². The smallest absolute Gasteiger partial charge is 0.303 e. The zero-order chi connectivity index (χ0) is 10.7. The molecule has 2 rings (SSSR count). The monoisotopic (exact) mass is 204 g/mol. The van der Waals surface area contributed by atoms with E-state index in [0.29, 0.717) is 0 Å². The molecule has 1 saturated carbocycles. The fraction of sp³-hybridized carbons (Fsp3) is 0.462. The standard InChI is InChI=1S/C13H16O2/c14-13(15)6-2-4-10-3-1-5-12(9-10)11-7-8-11/h1,3,5,9,11H,2,4,6-8H2,(H,14,15). The normalized spacial score (nSPS) is 15.2. The van der Waals surface area contributed by atoms with Gasteiger partial charge in [0.25, 0.3) is 0 Å². The molecule has 1 aromatic carbocycles. The number of carboxylic acid groups (broad SMARTS) is 1. The number of carboxylic acids is 1. The van der Waals surface area contributed by atoms with Gasteiger partial charge >= 0.3 is 5.97 Å².